The number of nitrogens with zero attached hydrogens (tertiary/aromatic N) is 2. The zero-order valence-electron chi connectivity index (χ0n) is 13.4. The van der Waals surface area contributed by atoms with Crippen LogP contribution in [0.15, 0.2) is 0 Å². The highest BCUT2D eigenvalue weighted by Gasteiger charge is 2.28. The van der Waals surface area contributed by atoms with Crippen LogP contribution < -0.4 is 10.6 Å². The quantitative estimate of drug-likeness (QED) is 0.772. The molecule has 1 aliphatic carbocycles. The molecule has 2 unspecified atom stereocenters. The molecular weight excluding hydrogens is 284 g/mol. The zero-order chi connectivity index (χ0) is 15.4. The van der Waals surface area contributed by atoms with Crippen molar-refractivity contribution in [2.24, 2.45) is 0 Å². The molecule has 1 fully saturated rings. The molecule has 0 aliphatic heterocycles. The lowest BCUT2D eigenvalue weighted by atomic mass is 10.2. The van der Waals surface area contributed by atoms with Crippen molar-refractivity contribution in [2.45, 2.75) is 52.0 Å². The van der Waals surface area contributed by atoms with E-state index in [4.69, 9.17) is 4.98 Å². The molecule has 1 aromatic rings. The third-order valence-corrected chi connectivity index (χ3v) is 4.48. The Hall–Kier alpha value is -1.17. The van der Waals surface area contributed by atoms with Gasteiger partial charge in [-0.25, -0.2) is 9.97 Å². The summed E-state index contributed by atoms with van der Waals surface area (Å²) in [5.41, 5.74) is 1.06. The monoisotopic (exact) mass is 310 g/mol. The number of hydrogen-bond acceptors (Lipinski definition) is 5. The number of anilines is 2. The fourth-order valence-corrected chi connectivity index (χ4v) is 2.87. The SMILES string of the molecule is CCNc1nc(C2CC2)nc(NC(C)CCS(C)=O)c1C. The Morgan fingerprint density at radius 3 is 2.57 bits per heavy atom. The first-order valence-electron chi connectivity index (χ1n) is 7.70. The van der Waals surface area contributed by atoms with Crippen LogP contribution in [0.1, 0.15) is 50.4 Å². The maximum absolute atomic E-state index is 11.2. The van der Waals surface area contributed by atoms with E-state index < -0.39 is 10.8 Å². The smallest absolute Gasteiger partial charge is 0.136 e. The van der Waals surface area contributed by atoms with E-state index in [1.807, 2.05) is 6.92 Å². The first kappa shape index (κ1) is 16.2. The van der Waals surface area contributed by atoms with Gasteiger partial charge in [-0.05, 0) is 40.0 Å². The van der Waals surface area contributed by atoms with Crippen LogP contribution in [0.5, 0.6) is 0 Å². The van der Waals surface area contributed by atoms with Crippen LogP contribution in [0.2, 0.25) is 0 Å². The molecule has 2 N–H and O–H groups in total. The first-order chi connectivity index (χ1) is 10.0. The lowest BCUT2D eigenvalue weighted by molar-refractivity contribution is 0.678. The molecule has 0 saturated heterocycles. The van der Waals surface area contributed by atoms with Crippen molar-refractivity contribution in [3.63, 3.8) is 0 Å². The van der Waals surface area contributed by atoms with Gasteiger partial charge in [-0.3, -0.25) is 4.21 Å². The number of nitrogens with one attached hydrogen (secondary N) is 2. The van der Waals surface area contributed by atoms with E-state index in [1.54, 1.807) is 6.26 Å². The predicted molar refractivity (Wildman–Crippen MR) is 89.5 cm³/mol. The van der Waals surface area contributed by atoms with Gasteiger partial charge in [0.1, 0.15) is 17.5 Å². The minimum atomic E-state index is -0.744. The highest BCUT2D eigenvalue weighted by molar-refractivity contribution is 7.84. The summed E-state index contributed by atoms with van der Waals surface area (Å²) in [6.07, 6.45) is 5.01. The van der Waals surface area contributed by atoms with Gasteiger partial charge in [0.15, 0.2) is 0 Å². The summed E-state index contributed by atoms with van der Waals surface area (Å²) >= 11 is 0. The van der Waals surface area contributed by atoms with Gasteiger partial charge in [0.2, 0.25) is 0 Å². The molecule has 5 nitrogen and oxygen atoms in total. The molecule has 21 heavy (non-hydrogen) atoms. The number of rotatable bonds is 8. The molecule has 0 amide bonds. The molecular formula is C15H26N4OS. The summed E-state index contributed by atoms with van der Waals surface area (Å²) in [6, 6.07) is 0.254. The van der Waals surface area contributed by atoms with Crippen LogP contribution in [0.3, 0.4) is 0 Å². The van der Waals surface area contributed by atoms with Crippen molar-refractivity contribution < 1.29 is 4.21 Å². The average molecular weight is 310 g/mol. The largest absolute Gasteiger partial charge is 0.370 e. The summed E-state index contributed by atoms with van der Waals surface area (Å²) in [7, 11) is -0.744. The molecule has 0 bridgehead atoms. The minimum Gasteiger partial charge on any atom is -0.370 e. The lowest BCUT2D eigenvalue weighted by Crippen LogP contribution is -2.20. The van der Waals surface area contributed by atoms with E-state index in [1.165, 1.54) is 12.8 Å². The third kappa shape index (κ3) is 4.66. The van der Waals surface area contributed by atoms with Gasteiger partial charge >= 0.3 is 0 Å². The number of aromatic nitrogens is 2. The maximum atomic E-state index is 11.2. The van der Waals surface area contributed by atoms with Gasteiger partial charge in [0.05, 0.1) is 0 Å². The summed E-state index contributed by atoms with van der Waals surface area (Å²) in [5, 5.41) is 6.78. The van der Waals surface area contributed by atoms with Crippen LogP contribution in [0, 0.1) is 6.92 Å². The molecule has 1 saturated carbocycles. The second kappa shape index (κ2) is 7.20. The standard InChI is InChI=1S/C15H26N4OS/c1-5-16-13-11(3)14(17-10(2)8-9-21(4)20)19-15(18-13)12-6-7-12/h10,12H,5-9H2,1-4H3,(H2,16,17,18,19). The molecule has 2 atom stereocenters. The second-order valence-corrected chi connectivity index (χ2v) is 7.37. The summed E-state index contributed by atoms with van der Waals surface area (Å²) in [6.45, 7) is 7.08. The third-order valence-electron chi connectivity index (χ3n) is 3.67. The van der Waals surface area contributed by atoms with E-state index >= 15 is 0 Å². The Labute approximate surface area is 129 Å². The maximum Gasteiger partial charge on any atom is 0.136 e. The number of hydrogen-bond donors (Lipinski definition) is 2. The zero-order valence-corrected chi connectivity index (χ0v) is 14.2. The molecule has 0 radical (unpaired) electrons. The van der Waals surface area contributed by atoms with Crippen molar-refractivity contribution in [3.05, 3.63) is 11.4 Å². The van der Waals surface area contributed by atoms with Crippen LogP contribution >= 0.6 is 0 Å². The summed E-state index contributed by atoms with van der Waals surface area (Å²) < 4.78 is 11.2. The fraction of sp³-hybridized carbons (Fsp3) is 0.733. The second-order valence-electron chi connectivity index (χ2n) is 5.82. The lowest BCUT2D eigenvalue weighted by Gasteiger charge is -2.18. The van der Waals surface area contributed by atoms with Gasteiger partial charge in [0.25, 0.3) is 0 Å². The van der Waals surface area contributed by atoms with E-state index in [0.717, 1.165) is 36.0 Å². The van der Waals surface area contributed by atoms with Crippen molar-refractivity contribution in [1.82, 2.24) is 9.97 Å². The molecule has 118 valence electrons. The molecule has 2 rings (SSSR count). The normalized spacial score (nSPS) is 17.3. The molecule has 1 heterocycles. The van der Waals surface area contributed by atoms with Gasteiger partial charge in [-0.1, -0.05) is 0 Å². The Morgan fingerprint density at radius 1 is 1.33 bits per heavy atom. The predicted octanol–water partition coefficient (Wildman–Crippen LogP) is 2.66. The van der Waals surface area contributed by atoms with E-state index in [9.17, 15) is 4.21 Å². The molecule has 1 aromatic heterocycles. The molecule has 1 aliphatic rings. The van der Waals surface area contributed by atoms with Crippen molar-refractivity contribution in [2.75, 3.05) is 29.2 Å². The van der Waals surface area contributed by atoms with Crippen molar-refractivity contribution in [1.29, 1.82) is 0 Å². The molecule has 0 aromatic carbocycles. The van der Waals surface area contributed by atoms with Gasteiger partial charge in [-0.2, -0.15) is 0 Å². The van der Waals surface area contributed by atoms with Crippen LogP contribution in [-0.4, -0.2) is 38.8 Å². The van der Waals surface area contributed by atoms with E-state index in [-0.39, 0.29) is 6.04 Å². The van der Waals surface area contributed by atoms with E-state index in [0.29, 0.717) is 11.7 Å². The van der Waals surface area contributed by atoms with Gasteiger partial charge in [0, 0.05) is 46.9 Å². The van der Waals surface area contributed by atoms with Gasteiger partial charge < -0.3 is 10.6 Å². The topological polar surface area (TPSA) is 66.9 Å². The minimum absolute atomic E-state index is 0.254. The van der Waals surface area contributed by atoms with Gasteiger partial charge in [-0.15, -0.1) is 0 Å². The Morgan fingerprint density at radius 2 is 2.00 bits per heavy atom. The Bertz CT molecular complexity index is 517. The van der Waals surface area contributed by atoms with Crippen molar-refractivity contribution >= 4 is 22.4 Å². The van der Waals surface area contributed by atoms with E-state index in [2.05, 4.69) is 29.5 Å². The summed E-state index contributed by atoms with van der Waals surface area (Å²) in [4.78, 5) is 9.36. The Balaban J connectivity index is 2.14. The highest BCUT2D eigenvalue weighted by Crippen LogP contribution is 2.39. The van der Waals surface area contributed by atoms with Crippen LogP contribution in [-0.2, 0) is 10.8 Å². The fourth-order valence-electron chi connectivity index (χ4n) is 2.19. The average Bonchev–Trinajstić information content (AvgIpc) is 3.25. The van der Waals surface area contributed by atoms with Crippen molar-refractivity contribution in [3.8, 4) is 0 Å². The summed E-state index contributed by atoms with van der Waals surface area (Å²) in [5.74, 6) is 4.04. The molecule has 6 heteroatoms. The van der Waals surface area contributed by atoms with Crippen LogP contribution in [0.25, 0.3) is 0 Å². The van der Waals surface area contributed by atoms with Crippen LogP contribution in [0.4, 0.5) is 11.6 Å². The first-order valence-corrected chi connectivity index (χ1v) is 9.43. The Kier molecular flexibility index (Phi) is 5.56. The molecule has 0 spiro atoms. The highest BCUT2D eigenvalue weighted by atomic mass is 32.2.